The van der Waals surface area contributed by atoms with Crippen LogP contribution in [-0.2, 0) is 13.5 Å². The molecular weight excluding hydrogens is 222 g/mol. The Labute approximate surface area is 111 Å². The van der Waals surface area contributed by atoms with E-state index in [0.29, 0.717) is 17.4 Å². The minimum Gasteiger partial charge on any atom is -0.338 e. The van der Waals surface area contributed by atoms with E-state index in [1.807, 2.05) is 12.4 Å². The van der Waals surface area contributed by atoms with E-state index in [4.69, 9.17) is 5.73 Å². The average Bonchev–Trinajstić information content (AvgIpc) is 2.71. The van der Waals surface area contributed by atoms with Crippen LogP contribution in [0.1, 0.15) is 51.8 Å². The number of imidazole rings is 1. The fraction of sp³-hybridized carbons (Fsp3) is 0.800. The molecule has 1 aromatic rings. The van der Waals surface area contributed by atoms with E-state index in [0.717, 1.165) is 18.7 Å². The summed E-state index contributed by atoms with van der Waals surface area (Å²) >= 11 is 0. The standard InChI is InChI=1S/C15H27N3/c1-15(2)9-5-4-6-12(15)13(16)7-8-14-17-10-11-18(14)3/h10-13H,4-9,16H2,1-3H3. The Balaban J connectivity index is 1.91. The summed E-state index contributed by atoms with van der Waals surface area (Å²) in [5, 5.41) is 0. The molecule has 1 saturated carbocycles. The molecule has 1 heterocycles. The first-order valence-corrected chi connectivity index (χ1v) is 7.22. The van der Waals surface area contributed by atoms with Gasteiger partial charge in [0.1, 0.15) is 5.82 Å². The van der Waals surface area contributed by atoms with Crippen LogP contribution >= 0.6 is 0 Å². The van der Waals surface area contributed by atoms with E-state index in [1.165, 1.54) is 25.7 Å². The van der Waals surface area contributed by atoms with Crippen LogP contribution in [0.25, 0.3) is 0 Å². The quantitative estimate of drug-likeness (QED) is 0.891. The van der Waals surface area contributed by atoms with E-state index in [-0.39, 0.29) is 0 Å². The third kappa shape index (κ3) is 2.94. The minimum absolute atomic E-state index is 0.317. The molecule has 1 fully saturated rings. The molecule has 1 aromatic heterocycles. The summed E-state index contributed by atoms with van der Waals surface area (Å²) in [6, 6.07) is 0.317. The second kappa shape index (κ2) is 5.43. The monoisotopic (exact) mass is 249 g/mol. The number of aromatic nitrogens is 2. The van der Waals surface area contributed by atoms with Crippen molar-refractivity contribution in [1.82, 2.24) is 9.55 Å². The summed E-state index contributed by atoms with van der Waals surface area (Å²) in [4.78, 5) is 4.38. The van der Waals surface area contributed by atoms with Gasteiger partial charge in [0.2, 0.25) is 0 Å². The number of hydrogen-bond donors (Lipinski definition) is 1. The maximum Gasteiger partial charge on any atom is 0.108 e. The van der Waals surface area contributed by atoms with Crippen molar-refractivity contribution in [2.45, 2.75) is 58.4 Å². The topological polar surface area (TPSA) is 43.8 Å². The fourth-order valence-electron chi connectivity index (χ4n) is 3.45. The summed E-state index contributed by atoms with van der Waals surface area (Å²) in [6.07, 6.45) is 11.3. The van der Waals surface area contributed by atoms with Gasteiger partial charge in [0.15, 0.2) is 0 Å². The van der Waals surface area contributed by atoms with Crippen LogP contribution in [0.2, 0.25) is 0 Å². The molecule has 2 N–H and O–H groups in total. The summed E-state index contributed by atoms with van der Waals surface area (Å²) in [5.74, 6) is 1.82. The van der Waals surface area contributed by atoms with Crippen molar-refractivity contribution < 1.29 is 0 Å². The van der Waals surface area contributed by atoms with Gasteiger partial charge in [0.25, 0.3) is 0 Å². The first-order chi connectivity index (χ1) is 8.50. The summed E-state index contributed by atoms with van der Waals surface area (Å²) < 4.78 is 2.10. The third-order valence-electron chi connectivity index (χ3n) is 4.73. The number of nitrogens with zero attached hydrogens (tertiary/aromatic N) is 2. The molecule has 0 aromatic carbocycles. The Kier molecular flexibility index (Phi) is 4.10. The molecular formula is C15H27N3. The molecule has 2 atom stereocenters. The highest BCUT2D eigenvalue weighted by molar-refractivity contribution is 4.94. The predicted molar refractivity (Wildman–Crippen MR) is 75.2 cm³/mol. The normalized spacial score (nSPS) is 25.0. The molecule has 0 amide bonds. The van der Waals surface area contributed by atoms with Gasteiger partial charge in [-0.2, -0.15) is 0 Å². The van der Waals surface area contributed by atoms with Crippen LogP contribution < -0.4 is 5.73 Å². The first kappa shape index (κ1) is 13.6. The van der Waals surface area contributed by atoms with Crippen LogP contribution in [-0.4, -0.2) is 15.6 Å². The summed E-state index contributed by atoms with van der Waals surface area (Å²) in [5.41, 5.74) is 6.87. The van der Waals surface area contributed by atoms with Crippen LogP contribution in [0.15, 0.2) is 12.4 Å². The van der Waals surface area contributed by atoms with E-state index in [9.17, 15) is 0 Å². The lowest BCUT2D eigenvalue weighted by Crippen LogP contribution is -2.42. The SMILES string of the molecule is Cn1ccnc1CCC(N)C1CCCCC1(C)C. The molecule has 102 valence electrons. The minimum atomic E-state index is 0.317. The predicted octanol–water partition coefficient (Wildman–Crippen LogP) is 2.90. The van der Waals surface area contributed by atoms with Gasteiger partial charge in [0, 0.05) is 31.9 Å². The second-order valence-corrected chi connectivity index (χ2v) is 6.50. The molecule has 1 aliphatic rings. The van der Waals surface area contributed by atoms with Gasteiger partial charge in [-0.25, -0.2) is 4.98 Å². The van der Waals surface area contributed by atoms with Crippen molar-refractivity contribution in [3.05, 3.63) is 18.2 Å². The van der Waals surface area contributed by atoms with Crippen molar-refractivity contribution in [3.63, 3.8) is 0 Å². The molecule has 3 nitrogen and oxygen atoms in total. The van der Waals surface area contributed by atoms with Crippen LogP contribution in [0, 0.1) is 11.3 Å². The smallest absolute Gasteiger partial charge is 0.108 e. The van der Waals surface area contributed by atoms with E-state index >= 15 is 0 Å². The largest absolute Gasteiger partial charge is 0.338 e. The Bertz CT molecular complexity index is 381. The number of hydrogen-bond acceptors (Lipinski definition) is 2. The lowest BCUT2D eigenvalue weighted by Gasteiger charge is -2.42. The number of rotatable bonds is 4. The van der Waals surface area contributed by atoms with Crippen molar-refractivity contribution in [1.29, 1.82) is 0 Å². The highest BCUT2D eigenvalue weighted by Gasteiger charge is 2.35. The van der Waals surface area contributed by atoms with E-state index in [1.54, 1.807) is 0 Å². The van der Waals surface area contributed by atoms with E-state index < -0.39 is 0 Å². The van der Waals surface area contributed by atoms with Crippen molar-refractivity contribution in [2.24, 2.45) is 24.1 Å². The maximum atomic E-state index is 6.45. The zero-order valence-electron chi connectivity index (χ0n) is 12.0. The first-order valence-electron chi connectivity index (χ1n) is 7.22. The number of aryl methyl sites for hydroxylation is 2. The summed E-state index contributed by atoms with van der Waals surface area (Å²) in [6.45, 7) is 4.77. The van der Waals surface area contributed by atoms with E-state index in [2.05, 4.69) is 30.4 Å². The van der Waals surface area contributed by atoms with Gasteiger partial charge in [-0.3, -0.25) is 0 Å². The molecule has 0 aliphatic heterocycles. The van der Waals surface area contributed by atoms with Crippen LogP contribution in [0.3, 0.4) is 0 Å². The van der Waals surface area contributed by atoms with Gasteiger partial charge in [-0.1, -0.05) is 26.7 Å². The maximum absolute atomic E-state index is 6.45. The molecule has 0 spiro atoms. The fourth-order valence-corrected chi connectivity index (χ4v) is 3.45. The Hall–Kier alpha value is -0.830. The van der Waals surface area contributed by atoms with Crippen LogP contribution in [0.5, 0.6) is 0 Å². The molecule has 1 aliphatic carbocycles. The van der Waals surface area contributed by atoms with Gasteiger partial charge < -0.3 is 10.3 Å². The molecule has 2 unspecified atom stereocenters. The molecule has 0 radical (unpaired) electrons. The number of nitrogens with two attached hydrogens (primary N) is 1. The Morgan fingerprint density at radius 2 is 2.28 bits per heavy atom. The molecule has 3 heteroatoms. The van der Waals surface area contributed by atoms with Crippen molar-refractivity contribution >= 4 is 0 Å². The molecule has 0 bridgehead atoms. The zero-order valence-corrected chi connectivity index (χ0v) is 12.0. The Morgan fingerprint density at radius 1 is 1.50 bits per heavy atom. The molecule has 18 heavy (non-hydrogen) atoms. The van der Waals surface area contributed by atoms with Gasteiger partial charge in [0.05, 0.1) is 0 Å². The van der Waals surface area contributed by atoms with Crippen molar-refractivity contribution in [2.75, 3.05) is 0 Å². The highest BCUT2D eigenvalue weighted by Crippen LogP contribution is 2.42. The lowest BCUT2D eigenvalue weighted by molar-refractivity contribution is 0.109. The van der Waals surface area contributed by atoms with Crippen molar-refractivity contribution in [3.8, 4) is 0 Å². The highest BCUT2D eigenvalue weighted by atomic mass is 15.0. The van der Waals surface area contributed by atoms with Gasteiger partial charge in [-0.05, 0) is 30.6 Å². The lowest BCUT2D eigenvalue weighted by atomic mass is 9.65. The summed E-state index contributed by atoms with van der Waals surface area (Å²) in [7, 11) is 2.05. The molecule has 0 saturated heterocycles. The van der Waals surface area contributed by atoms with Crippen LogP contribution in [0.4, 0.5) is 0 Å². The average molecular weight is 249 g/mol. The Morgan fingerprint density at radius 3 is 2.89 bits per heavy atom. The second-order valence-electron chi connectivity index (χ2n) is 6.50. The zero-order chi connectivity index (χ0) is 13.2. The van der Waals surface area contributed by atoms with Gasteiger partial charge in [-0.15, -0.1) is 0 Å². The third-order valence-corrected chi connectivity index (χ3v) is 4.73. The molecule has 2 rings (SSSR count). The van der Waals surface area contributed by atoms with Gasteiger partial charge >= 0.3 is 0 Å².